The van der Waals surface area contributed by atoms with E-state index in [2.05, 4.69) is 11.5 Å². The van der Waals surface area contributed by atoms with Gasteiger partial charge in [-0.2, -0.15) is 0 Å². The molecule has 0 bridgehead atoms. The lowest BCUT2D eigenvalue weighted by Gasteiger charge is -2.24. The molecule has 6 heteroatoms. The van der Waals surface area contributed by atoms with Gasteiger partial charge in [-0.1, -0.05) is 29.8 Å². The van der Waals surface area contributed by atoms with E-state index in [4.69, 9.17) is 11.6 Å². The Labute approximate surface area is 162 Å². The van der Waals surface area contributed by atoms with E-state index >= 15 is 0 Å². The van der Waals surface area contributed by atoms with Gasteiger partial charge in [0.1, 0.15) is 5.75 Å². The number of fused-ring (bicyclic) bond motifs is 1. The first-order valence-electron chi connectivity index (χ1n) is 7.86. The van der Waals surface area contributed by atoms with Crippen LogP contribution in [0.1, 0.15) is 22.6 Å². The molecule has 0 aromatic heterocycles. The number of rotatable bonds is 3. The van der Waals surface area contributed by atoms with Crippen molar-refractivity contribution in [2.75, 3.05) is 19.6 Å². The third-order valence-electron chi connectivity index (χ3n) is 4.53. The molecule has 3 N–H and O–H groups in total. The molecule has 4 nitrogen and oxygen atoms in total. The summed E-state index contributed by atoms with van der Waals surface area (Å²) in [5, 5.41) is 29.8. The predicted molar refractivity (Wildman–Crippen MR) is 105 cm³/mol. The second-order valence-corrected chi connectivity index (χ2v) is 6.45. The molecule has 0 radical (unpaired) electrons. The maximum absolute atomic E-state index is 10.0. The highest BCUT2D eigenvalue weighted by molar-refractivity contribution is 8.93. The second-order valence-electron chi connectivity index (χ2n) is 6.07. The molecule has 1 heterocycles. The summed E-state index contributed by atoms with van der Waals surface area (Å²) in [6, 6.07) is 8.66. The molecule has 2 aromatic carbocycles. The summed E-state index contributed by atoms with van der Waals surface area (Å²) < 4.78 is 0. The van der Waals surface area contributed by atoms with E-state index in [0.717, 1.165) is 36.3 Å². The average Bonchev–Trinajstić information content (AvgIpc) is 2.74. The van der Waals surface area contributed by atoms with Crippen molar-refractivity contribution in [1.82, 2.24) is 4.90 Å². The molecule has 1 aliphatic rings. The van der Waals surface area contributed by atoms with Gasteiger partial charge in [-0.3, -0.25) is 4.90 Å². The molecule has 1 aliphatic heterocycles. The minimum atomic E-state index is -0.267. The molecule has 25 heavy (non-hydrogen) atoms. The van der Waals surface area contributed by atoms with Gasteiger partial charge in [0.15, 0.2) is 11.5 Å². The predicted octanol–water partition coefficient (Wildman–Crippen LogP) is 4.21. The molecule has 0 fully saturated rings. The molecule has 1 unspecified atom stereocenters. The van der Waals surface area contributed by atoms with Gasteiger partial charge >= 0.3 is 0 Å². The van der Waals surface area contributed by atoms with Crippen LogP contribution in [-0.4, -0.2) is 39.9 Å². The van der Waals surface area contributed by atoms with Crippen LogP contribution in [-0.2, 0) is 6.42 Å². The van der Waals surface area contributed by atoms with Crippen LogP contribution < -0.4 is 0 Å². The highest BCUT2D eigenvalue weighted by Crippen LogP contribution is 2.43. The van der Waals surface area contributed by atoms with Crippen LogP contribution in [0.2, 0.25) is 5.02 Å². The molecule has 0 spiro atoms. The second kappa shape index (κ2) is 8.13. The van der Waals surface area contributed by atoms with E-state index in [-0.39, 0.29) is 45.2 Å². The Kier molecular flexibility index (Phi) is 6.38. The quantitative estimate of drug-likeness (QED) is 0.508. The molecular formula is C19H21BrClNO3. The number of hydrogen-bond acceptors (Lipinski definition) is 4. The van der Waals surface area contributed by atoms with E-state index in [1.165, 1.54) is 0 Å². The van der Waals surface area contributed by atoms with Crippen molar-refractivity contribution in [3.8, 4) is 17.2 Å². The molecular weight excluding hydrogens is 406 g/mol. The van der Waals surface area contributed by atoms with Crippen LogP contribution in [0, 0.1) is 0 Å². The fourth-order valence-corrected chi connectivity index (χ4v) is 3.61. The van der Waals surface area contributed by atoms with Crippen molar-refractivity contribution >= 4 is 28.6 Å². The molecule has 134 valence electrons. The highest BCUT2D eigenvalue weighted by atomic mass is 79.9. The van der Waals surface area contributed by atoms with Crippen molar-refractivity contribution in [2.24, 2.45) is 0 Å². The van der Waals surface area contributed by atoms with Gasteiger partial charge in [-0.15, -0.1) is 23.6 Å². The van der Waals surface area contributed by atoms with Crippen LogP contribution in [0.5, 0.6) is 17.2 Å². The zero-order chi connectivity index (χ0) is 17.3. The van der Waals surface area contributed by atoms with Crippen LogP contribution in [0.15, 0.2) is 43.0 Å². The number of nitrogens with zero attached hydrogens (tertiary/aromatic N) is 1. The van der Waals surface area contributed by atoms with E-state index < -0.39 is 0 Å². The molecule has 0 amide bonds. The third kappa shape index (κ3) is 3.94. The van der Waals surface area contributed by atoms with Gasteiger partial charge in [0, 0.05) is 25.6 Å². The number of phenols is 3. The molecule has 2 aromatic rings. The van der Waals surface area contributed by atoms with E-state index in [1.807, 2.05) is 18.2 Å². The summed E-state index contributed by atoms with van der Waals surface area (Å²) in [5.41, 5.74) is 2.79. The number of halogens is 2. The molecule has 0 saturated heterocycles. The number of phenolic OH excluding ortho intramolecular Hbond substituents is 3. The zero-order valence-corrected chi connectivity index (χ0v) is 16.1. The van der Waals surface area contributed by atoms with Gasteiger partial charge in [-0.25, -0.2) is 0 Å². The van der Waals surface area contributed by atoms with Crippen molar-refractivity contribution in [1.29, 1.82) is 0 Å². The van der Waals surface area contributed by atoms with Crippen LogP contribution in [0.4, 0.5) is 0 Å². The van der Waals surface area contributed by atoms with Gasteiger partial charge in [0.2, 0.25) is 0 Å². The summed E-state index contributed by atoms with van der Waals surface area (Å²) in [4.78, 5) is 2.26. The largest absolute Gasteiger partial charge is 0.508 e. The minimum Gasteiger partial charge on any atom is -0.508 e. The lowest BCUT2D eigenvalue weighted by atomic mass is 9.87. The number of hydrogen-bond donors (Lipinski definition) is 3. The fraction of sp³-hybridized carbons (Fsp3) is 0.263. The van der Waals surface area contributed by atoms with Crippen molar-refractivity contribution in [2.45, 2.75) is 12.3 Å². The van der Waals surface area contributed by atoms with Crippen molar-refractivity contribution in [3.63, 3.8) is 0 Å². The maximum atomic E-state index is 10.0. The Bertz CT molecular complexity index is 764. The van der Waals surface area contributed by atoms with E-state index in [1.54, 1.807) is 18.2 Å². The minimum absolute atomic E-state index is 0. The standard InChI is InChI=1S/C19H20ClNO3.BrH/c1-2-8-21-9-7-14-15(10-17(23)19(24)18(14)20)16(11-21)12-3-5-13(22)6-4-12;/h2-6,10,16,22-24H,1,7-9,11H2;1H. The summed E-state index contributed by atoms with van der Waals surface area (Å²) in [6.45, 7) is 6.09. The average molecular weight is 427 g/mol. The van der Waals surface area contributed by atoms with Gasteiger partial charge in [0.25, 0.3) is 0 Å². The zero-order valence-electron chi connectivity index (χ0n) is 13.7. The van der Waals surface area contributed by atoms with Gasteiger partial charge in [-0.05, 0) is 41.3 Å². The number of aromatic hydroxyl groups is 3. The highest BCUT2D eigenvalue weighted by Gasteiger charge is 2.28. The van der Waals surface area contributed by atoms with Crippen LogP contribution >= 0.6 is 28.6 Å². The monoisotopic (exact) mass is 425 g/mol. The molecule has 3 rings (SSSR count). The third-order valence-corrected chi connectivity index (χ3v) is 4.94. The Hall–Kier alpha value is -1.69. The summed E-state index contributed by atoms with van der Waals surface area (Å²) in [7, 11) is 0. The van der Waals surface area contributed by atoms with Crippen molar-refractivity contribution < 1.29 is 15.3 Å². The lowest BCUT2D eigenvalue weighted by molar-refractivity contribution is 0.306. The van der Waals surface area contributed by atoms with Crippen LogP contribution in [0.3, 0.4) is 0 Å². The first kappa shape index (κ1) is 19.6. The SMILES string of the molecule is Br.C=CCN1CCc2c(cc(O)c(O)c2Cl)C(c2ccc(O)cc2)C1. The first-order valence-corrected chi connectivity index (χ1v) is 8.24. The topological polar surface area (TPSA) is 63.9 Å². The Morgan fingerprint density at radius 1 is 1.20 bits per heavy atom. The molecule has 1 atom stereocenters. The normalized spacial score (nSPS) is 17.2. The van der Waals surface area contributed by atoms with Gasteiger partial charge in [0.05, 0.1) is 5.02 Å². The summed E-state index contributed by atoms with van der Waals surface area (Å²) in [6.07, 6.45) is 2.55. The van der Waals surface area contributed by atoms with Crippen molar-refractivity contribution in [3.05, 3.63) is 64.7 Å². The van der Waals surface area contributed by atoms with E-state index in [9.17, 15) is 15.3 Å². The summed E-state index contributed by atoms with van der Waals surface area (Å²) >= 11 is 6.30. The first-order chi connectivity index (χ1) is 11.5. The smallest absolute Gasteiger partial charge is 0.176 e. The Balaban J connectivity index is 0.00000225. The maximum Gasteiger partial charge on any atom is 0.176 e. The van der Waals surface area contributed by atoms with Crippen LogP contribution in [0.25, 0.3) is 0 Å². The van der Waals surface area contributed by atoms with E-state index in [0.29, 0.717) is 6.42 Å². The number of benzene rings is 2. The van der Waals surface area contributed by atoms with Gasteiger partial charge < -0.3 is 15.3 Å². The lowest BCUT2D eigenvalue weighted by Crippen LogP contribution is -2.28. The summed E-state index contributed by atoms with van der Waals surface area (Å²) in [5.74, 6) is -0.286. The Morgan fingerprint density at radius 2 is 1.88 bits per heavy atom. The Morgan fingerprint density at radius 3 is 2.52 bits per heavy atom. The molecule has 0 aliphatic carbocycles. The molecule has 0 saturated carbocycles. The fourth-order valence-electron chi connectivity index (χ4n) is 3.31.